The summed E-state index contributed by atoms with van der Waals surface area (Å²) in [5.74, 6) is -0.125. The number of nitrogens with zero attached hydrogens (tertiary/aromatic N) is 1. The van der Waals surface area contributed by atoms with Gasteiger partial charge in [0.15, 0.2) is 0 Å². The van der Waals surface area contributed by atoms with Gasteiger partial charge in [0.25, 0.3) is 0 Å². The first-order chi connectivity index (χ1) is 8.99. The van der Waals surface area contributed by atoms with Gasteiger partial charge in [-0.25, -0.2) is 0 Å². The third-order valence-corrected chi connectivity index (χ3v) is 3.30. The maximum absolute atomic E-state index is 10.7. The molecule has 0 saturated heterocycles. The molecule has 0 aliphatic carbocycles. The highest BCUT2D eigenvalue weighted by Crippen LogP contribution is 2.34. The third kappa shape index (κ3) is 4.31. The van der Waals surface area contributed by atoms with Gasteiger partial charge in [0.05, 0.1) is 19.2 Å². The smallest absolute Gasteiger partial charge is 0.305 e. The molecule has 0 aliphatic rings. The zero-order valence-electron chi connectivity index (χ0n) is 11.6. The van der Waals surface area contributed by atoms with Crippen LogP contribution < -0.4 is 9.64 Å². The second-order valence-corrected chi connectivity index (χ2v) is 4.81. The summed E-state index contributed by atoms with van der Waals surface area (Å²) in [5, 5.41) is 9.47. The van der Waals surface area contributed by atoms with Crippen molar-refractivity contribution in [2.24, 2.45) is 0 Å². The van der Waals surface area contributed by atoms with Gasteiger partial charge in [-0.1, -0.05) is 18.5 Å². The van der Waals surface area contributed by atoms with E-state index in [9.17, 15) is 4.79 Å². The zero-order valence-corrected chi connectivity index (χ0v) is 12.3. The van der Waals surface area contributed by atoms with Crippen molar-refractivity contribution in [2.75, 3.05) is 25.1 Å². The lowest BCUT2D eigenvalue weighted by Crippen LogP contribution is -2.27. The van der Waals surface area contributed by atoms with E-state index >= 15 is 0 Å². The molecule has 1 N–H and O–H groups in total. The van der Waals surface area contributed by atoms with E-state index in [0.29, 0.717) is 17.3 Å². The van der Waals surface area contributed by atoms with Crippen LogP contribution in [0.25, 0.3) is 0 Å². The van der Waals surface area contributed by atoms with Gasteiger partial charge in [-0.15, -0.1) is 0 Å². The van der Waals surface area contributed by atoms with Crippen LogP contribution in [0.5, 0.6) is 5.75 Å². The van der Waals surface area contributed by atoms with Crippen LogP contribution in [0.4, 0.5) is 5.69 Å². The molecule has 1 aromatic rings. The van der Waals surface area contributed by atoms with Crippen LogP contribution in [-0.4, -0.2) is 31.3 Å². The van der Waals surface area contributed by atoms with E-state index in [0.717, 1.165) is 24.2 Å². The second kappa shape index (κ2) is 7.24. The fraction of sp³-hybridized carbons (Fsp3) is 0.500. The number of carbonyl (C=O) groups is 1. The molecule has 0 bridgehead atoms. The molecular formula is C14H20ClNO3. The number of ether oxygens (including phenoxy) is 1. The molecule has 0 saturated carbocycles. The number of carboxylic acid groups (broad SMARTS) is 1. The van der Waals surface area contributed by atoms with Crippen molar-refractivity contribution >= 4 is 23.3 Å². The maximum atomic E-state index is 10.7. The van der Waals surface area contributed by atoms with Crippen molar-refractivity contribution in [2.45, 2.75) is 26.7 Å². The predicted molar refractivity (Wildman–Crippen MR) is 77.5 cm³/mol. The van der Waals surface area contributed by atoms with Gasteiger partial charge in [-0.3, -0.25) is 4.79 Å². The molecule has 0 unspecified atom stereocenters. The molecule has 5 heteroatoms. The fourth-order valence-electron chi connectivity index (χ4n) is 1.91. The average Bonchev–Trinajstić information content (AvgIpc) is 2.37. The summed E-state index contributed by atoms with van der Waals surface area (Å²) in [7, 11) is 1.59. The summed E-state index contributed by atoms with van der Waals surface area (Å²) in [6, 6.07) is 3.72. The SMILES string of the molecule is CCCN(CCC(=O)O)c1cc(C)c(Cl)cc1OC. The number of anilines is 1. The van der Waals surface area contributed by atoms with Crippen molar-refractivity contribution in [3.63, 3.8) is 0 Å². The number of carboxylic acids is 1. The minimum atomic E-state index is -0.800. The Balaban J connectivity index is 3.06. The largest absolute Gasteiger partial charge is 0.495 e. The lowest BCUT2D eigenvalue weighted by Gasteiger charge is -2.26. The molecule has 0 atom stereocenters. The number of aliphatic carboxylic acids is 1. The lowest BCUT2D eigenvalue weighted by atomic mass is 10.1. The van der Waals surface area contributed by atoms with Crippen LogP contribution in [0.2, 0.25) is 5.02 Å². The fourth-order valence-corrected chi connectivity index (χ4v) is 2.07. The van der Waals surface area contributed by atoms with Crippen LogP contribution in [0.15, 0.2) is 12.1 Å². The Morgan fingerprint density at radius 2 is 2.11 bits per heavy atom. The number of benzene rings is 1. The molecule has 1 rings (SSSR count). The van der Waals surface area contributed by atoms with Crippen molar-refractivity contribution in [3.05, 3.63) is 22.7 Å². The molecule has 0 amide bonds. The van der Waals surface area contributed by atoms with Crippen molar-refractivity contribution < 1.29 is 14.6 Å². The van der Waals surface area contributed by atoms with Crippen molar-refractivity contribution in [3.8, 4) is 5.75 Å². The monoisotopic (exact) mass is 285 g/mol. The van der Waals surface area contributed by atoms with Crippen molar-refractivity contribution in [1.29, 1.82) is 0 Å². The first-order valence-electron chi connectivity index (χ1n) is 6.30. The Labute approximate surface area is 118 Å². The first-order valence-corrected chi connectivity index (χ1v) is 6.68. The van der Waals surface area contributed by atoms with E-state index in [1.165, 1.54) is 0 Å². The highest BCUT2D eigenvalue weighted by Gasteiger charge is 2.14. The molecule has 0 radical (unpaired) electrons. The minimum Gasteiger partial charge on any atom is -0.495 e. The zero-order chi connectivity index (χ0) is 14.4. The molecule has 19 heavy (non-hydrogen) atoms. The first kappa shape index (κ1) is 15.6. The Morgan fingerprint density at radius 3 is 2.63 bits per heavy atom. The quantitative estimate of drug-likeness (QED) is 0.835. The highest BCUT2D eigenvalue weighted by molar-refractivity contribution is 6.31. The number of methoxy groups -OCH3 is 1. The van der Waals surface area contributed by atoms with E-state index in [1.54, 1.807) is 13.2 Å². The van der Waals surface area contributed by atoms with E-state index < -0.39 is 5.97 Å². The molecular weight excluding hydrogens is 266 g/mol. The lowest BCUT2D eigenvalue weighted by molar-refractivity contribution is -0.136. The minimum absolute atomic E-state index is 0.102. The molecule has 0 spiro atoms. The van der Waals surface area contributed by atoms with Gasteiger partial charge in [-0.05, 0) is 25.0 Å². The van der Waals surface area contributed by atoms with Crippen LogP contribution in [0.3, 0.4) is 0 Å². The molecule has 0 aromatic heterocycles. The molecule has 0 heterocycles. The number of hydrogen-bond donors (Lipinski definition) is 1. The standard InChI is InChI=1S/C14H20ClNO3/c1-4-6-16(7-5-14(17)18)12-8-10(2)11(15)9-13(12)19-3/h8-9H,4-7H2,1-3H3,(H,17,18). The van der Waals surface area contributed by atoms with Crippen molar-refractivity contribution in [1.82, 2.24) is 0 Å². The number of halogens is 1. The third-order valence-electron chi connectivity index (χ3n) is 2.89. The van der Waals surface area contributed by atoms with E-state index in [-0.39, 0.29) is 6.42 Å². The second-order valence-electron chi connectivity index (χ2n) is 4.40. The average molecular weight is 286 g/mol. The topological polar surface area (TPSA) is 49.8 Å². The molecule has 106 valence electrons. The van der Waals surface area contributed by atoms with Crippen LogP contribution in [-0.2, 0) is 4.79 Å². The van der Waals surface area contributed by atoms with Gasteiger partial charge in [0.1, 0.15) is 5.75 Å². The Kier molecular flexibility index (Phi) is 5.96. The molecule has 0 aliphatic heterocycles. The van der Waals surface area contributed by atoms with Crippen LogP contribution in [0, 0.1) is 6.92 Å². The summed E-state index contributed by atoms with van der Waals surface area (Å²) in [5.41, 5.74) is 1.85. The molecule has 1 aromatic carbocycles. The van der Waals surface area contributed by atoms with Crippen LogP contribution in [0.1, 0.15) is 25.3 Å². The van der Waals surface area contributed by atoms with Gasteiger partial charge >= 0.3 is 5.97 Å². The number of aryl methyl sites for hydroxylation is 1. The normalized spacial score (nSPS) is 10.3. The maximum Gasteiger partial charge on any atom is 0.305 e. The molecule has 0 fully saturated rings. The van der Waals surface area contributed by atoms with Gasteiger partial charge < -0.3 is 14.7 Å². The van der Waals surface area contributed by atoms with E-state index in [2.05, 4.69) is 6.92 Å². The molecule has 4 nitrogen and oxygen atoms in total. The summed E-state index contributed by atoms with van der Waals surface area (Å²) >= 11 is 6.08. The van der Waals surface area contributed by atoms with Crippen LogP contribution >= 0.6 is 11.6 Å². The van der Waals surface area contributed by atoms with E-state index in [1.807, 2.05) is 17.9 Å². The summed E-state index contributed by atoms with van der Waals surface area (Å²) in [6.45, 7) is 5.22. The Morgan fingerprint density at radius 1 is 1.42 bits per heavy atom. The predicted octanol–water partition coefficient (Wildman–Crippen LogP) is 3.35. The van der Waals surface area contributed by atoms with Gasteiger partial charge in [0.2, 0.25) is 0 Å². The van der Waals surface area contributed by atoms with Gasteiger partial charge in [-0.2, -0.15) is 0 Å². The van der Waals surface area contributed by atoms with E-state index in [4.69, 9.17) is 21.4 Å². The number of hydrogen-bond acceptors (Lipinski definition) is 3. The summed E-state index contributed by atoms with van der Waals surface area (Å²) < 4.78 is 5.34. The Hall–Kier alpha value is -1.42. The Bertz CT molecular complexity index is 449. The highest BCUT2D eigenvalue weighted by atomic mass is 35.5. The summed E-state index contributed by atoms with van der Waals surface area (Å²) in [6.07, 6.45) is 1.04. The summed E-state index contributed by atoms with van der Waals surface area (Å²) in [4.78, 5) is 12.8. The number of rotatable bonds is 7. The van der Waals surface area contributed by atoms with Gasteiger partial charge in [0, 0.05) is 24.2 Å².